The van der Waals surface area contributed by atoms with E-state index in [2.05, 4.69) is 12.2 Å². The van der Waals surface area contributed by atoms with Gasteiger partial charge in [-0.1, -0.05) is 25.1 Å². The van der Waals surface area contributed by atoms with Gasteiger partial charge in [-0.05, 0) is 36.2 Å². The van der Waals surface area contributed by atoms with E-state index in [4.69, 9.17) is 10.5 Å². The second-order valence-electron chi connectivity index (χ2n) is 4.44. The summed E-state index contributed by atoms with van der Waals surface area (Å²) in [5.41, 5.74) is 8.61. The van der Waals surface area contributed by atoms with Crippen molar-refractivity contribution < 1.29 is 9.53 Å². The standard InChI is InChI=1S/C16H18N2O2/c1-3-11-6-4-7-12(10-11)18-16(19)13-8-5-9-14(17)15(13)20-2/h4-10H,3,17H2,1-2H3,(H,18,19). The number of carbonyl (C=O) groups excluding carboxylic acids is 1. The molecule has 0 aliphatic heterocycles. The molecule has 0 aliphatic rings. The van der Waals surface area contributed by atoms with Crippen molar-refractivity contribution in [1.29, 1.82) is 0 Å². The first kappa shape index (κ1) is 13.9. The zero-order valence-corrected chi connectivity index (χ0v) is 11.6. The van der Waals surface area contributed by atoms with Crippen molar-refractivity contribution in [3.8, 4) is 5.75 Å². The highest BCUT2D eigenvalue weighted by molar-refractivity contribution is 6.07. The Morgan fingerprint density at radius 2 is 2.00 bits per heavy atom. The van der Waals surface area contributed by atoms with Crippen LogP contribution in [-0.2, 0) is 6.42 Å². The Labute approximate surface area is 118 Å². The summed E-state index contributed by atoms with van der Waals surface area (Å²) in [6.07, 6.45) is 0.922. The summed E-state index contributed by atoms with van der Waals surface area (Å²) in [6, 6.07) is 12.9. The number of para-hydroxylation sites is 1. The molecule has 0 radical (unpaired) electrons. The summed E-state index contributed by atoms with van der Waals surface area (Å²) in [5.74, 6) is 0.166. The van der Waals surface area contributed by atoms with Crippen molar-refractivity contribution in [2.75, 3.05) is 18.2 Å². The fourth-order valence-electron chi connectivity index (χ4n) is 2.03. The van der Waals surface area contributed by atoms with E-state index in [1.54, 1.807) is 18.2 Å². The Balaban J connectivity index is 2.26. The van der Waals surface area contributed by atoms with Gasteiger partial charge in [-0.2, -0.15) is 0 Å². The van der Waals surface area contributed by atoms with Gasteiger partial charge in [0.15, 0.2) is 5.75 Å². The summed E-state index contributed by atoms with van der Waals surface area (Å²) in [7, 11) is 1.50. The van der Waals surface area contributed by atoms with E-state index in [0.717, 1.165) is 12.1 Å². The van der Waals surface area contributed by atoms with Gasteiger partial charge in [0.1, 0.15) is 0 Å². The third kappa shape index (κ3) is 2.91. The maximum Gasteiger partial charge on any atom is 0.259 e. The van der Waals surface area contributed by atoms with Crippen molar-refractivity contribution in [2.24, 2.45) is 0 Å². The van der Waals surface area contributed by atoms with Gasteiger partial charge in [0, 0.05) is 5.69 Å². The molecule has 3 N–H and O–H groups in total. The number of nitrogens with one attached hydrogen (secondary N) is 1. The second-order valence-corrected chi connectivity index (χ2v) is 4.44. The highest BCUT2D eigenvalue weighted by atomic mass is 16.5. The van der Waals surface area contributed by atoms with Crippen LogP contribution >= 0.6 is 0 Å². The monoisotopic (exact) mass is 270 g/mol. The lowest BCUT2D eigenvalue weighted by atomic mass is 10.1. The lowest BCUT2D eigenvalue weighted by molar-refractivity contribution is 0.102. The Bertz CT molecular complexity index is 624. The van der Waals surface area contributed by atoms with Crippen LogP contribution in [0.4, 0.5) is 11.4 Å². The largest absolute Gasteiger partial charge is 0.494 e. The quantitative estimate of drug-likeness (QED) is 0.839. The molecule has 0 aliphatic carbocycles. The molecule has 0 saturated carbocycles. The van der Waals surface area contributed by atoms with Gasteiger partial charge in [-0.3, -0.25) is 4.79 Å². The van der Waals surface area contributed by atoms with E-state index in [0.29, 0.717) is 17.0 Å². The van der Waals surface area contributed by atoms with Crippen LogP contribution < -0.4 is 15.8 Å². The van der Waals surface area contributed by atoms with E-state index in [-0.39, 0.29) is 5.91 Å². The van der Waals surface area contributed by atoms with Crippen molar-refractivity contribution in [3.05, 3.63) is 53.6 Å². The number of nitrogen functional groups attached to an aromatic ring is 1. The molecule has 0 bridgehead atoms. The number of benzene rings is 2. The zero-order valence-electron chi connectivity index (χ0n) is 11.6. The number of methoxy groups -OCH3 is 1. The molecule has 104 valence electrons. The maximum absolute atomic E-state index is 12.3. The van der Waals surface area contributed by atoms with E-state index in [1.165, 1.54) is 12.7 Å². The third-order valence-electron chi connectivity index (χ3n) is 3.09. The van der Waals surface area contributed by atoms with E-state index in [1.807, 2.05) is 24.3 Å². The first-order valence-electron chi connectivity index (χ1n) is 6.48. The molecule has 0 aromatic heterocycles. The average molecular weight is 270 g/mol. The van der Waals surface area contributed by atoms with E-state index < -0.39 is 0 Å². The topological polar surface area (TPSA) is 64.4 Å². The smallest absolute Gasteiger partial charge is 0.259 e. The fourth-order valence-corrected chi connectivity index (χ4v) is 2.03. The molecular weight excluding hydrogens is 252 g/mol. The molecule has 0 spiro atoms. The molecule has 2 aromatic carbocycles. The molecule has 4 nitrogen and oxygen atoms in total. The van der Waals surface area contributed by atoms with Crippen LogP contribution in [0.5, 0.6) is 5.75 Å². The number of amides is 1. The van der Waals surface area contributed by atoms with Crippen LogP contribution in [0.2, 0.25) is 0 Å². The summed E-state index contributed by atoms with van der Waals surface area (Å²) < 4.78 is 5.19. The SMILES string of the molecule is CCc1cccc(NC(=O)c2cccc(N)c2OC)c1. The number of nitrogens with two attached hydrogens (primary N) is 1. The van der Waals surface area contributed by atoms with Gasteiger partial charge < -0.3 is 15.8 Å². The number of hydrogen-bond donors (Lipinski definition) is 2. The van der Waals surface area contributed by atoms with Gasteiger partial charge in [0.05, 0.1) is 18.4 Å². The Kier molecular flexibility index (Phi) is 4.25. The van der Waals surface area contributed by atoms with Gasteiger partial charge in [0.2, 0.25) is 0 Å². The van der Waals surface area contributed by atoms with E-state index >= 15 is 0 Å². The molecular formula is C16H18N2O2. The maximum atomic E-state index is 12.3. The van der Waals surface area contributed by atoms with Crippen molar-refractivity contribution in [1.82, 2.24) is 0 Å². The third-order valence-corrected chi connectivity index (χ3v) is 3.09. The summed E-state index contributed by atoms with van der Waals surface area (Å²) in [6.45, 7) is 2.07. The Morgan fingerprint density at radius 1 is 1.25 bits per heavy atom. The minimum absolute atomic E-state index is 0.234. The van der Waals surface area contributed by atoms with Gasteiger partial charge in [-0.15, -0.1) is 0 Å². The second kappa shape index (κ2) is 6.10. The van der Waals surface area contributed by atoms with Crippen LogP contribution in [0.3, 0.4) is 0 Å². The lowest BCUT2D eigenvalue weighted by Gasteiger charge is -2.11. The molecule has 20 heavy (non-hydrogen) atoms. The highest BCUT2D eigenvalue weighted by Crippen LogP contribution is 2.26. The van der Waals surface area contributed by atoms with Crippen LogP contribution in [0.15, 0.2) is 42.5 Å². The molecule has 2 aromatic rings. The normalized spacial score (nSPS) is 10.1. The van der Waals surface area contributed by atoms with Crippen LogP contribution in [0.25, 0.3) is 0 Å². The summed E-state index contributed by atoms with van der Waals surface area (Å²) in [4.78, 5) is 12.3. The number of rotatable bonds is 4. The van der Waals surface area contributed by atoms with Gasteiger partial charge >= 0.3 is 0 Å². The number of aryl methyl sites for hydroxylation is 1. The van der Waals surface area contributed by atoms with Crippen molar-refractivity contribution in [2.45, 2.75) is 13.3 Å². The molecule has 0 atom stereocenters. The van der Waals surface area contributed by atoms with Gasteiger partial charge in [0.25, 0.3) is 5.91 Å². The van der Waals surface area contributed by atoms with Crippen molar-refractivity contribution >= 4 is 17.3 Å². The molecule has 0 unspecified atom stereocenters. The number of anilines is 2. The zero-order chi connectivity index (χ0) is 14.5. The minimum atomic E-state index is -0.234. The molecule has 0 heterocycles. The lowest BCUT2D eigenvalue weighted by Crippen LogP contribution is -2.14. The highest BCUT2D eigenvalue weighted by Gasteiger charge is 2.14. The number of hydrogen-bond acceptors (Lipinski definition) is 3. The molecule has 2 rings (SSSR count). The first-order chi connectivity index (χ1) is 9.65. The minimum Gasteiger partial charge on any atom is -0.494 e. The Morgan fingerprint density at radius 3 is 2.70 bits per heavy atom. The van der Waals surface area contributed by atoms with Crippen LogP contribution in [0, 0.1) is 0 Å². The van der Waals surface area contributed by atoms with Crippen molar-refractivity contribution in [3.63, 3.8) is 0 Å². The van der Waals surface area contributed by atoms with Crippen LogP contribution in [0.1, 0.15) is 22.8 Å². The molecule has 4 heteroatoms. The fraction of sp³-hybridized carbons (Fsp3) is 0.188. The van der Waals surface area contributed by atoms with Crippen LogP contribution in [-0.4, -0.2) is 13.0 Å². The first-order valence-corrected chi connectivity index (χ1v) is 6.48. The van der Waals surface area contributed by atoms with E-state index in [9.17, 15) is 4.79 Å². The molecule has 1 amide bonds. The summed E-state index contributed by atoms with van der Waals surface area (Å²) >= 11 is 0. The predicted octanol–water partition coefficient (Wildman–Crippen LogP) is 3.09. The number of carbonyl (C=O) groups is 1. The molecule has 0 fully saturated rings. The number of ether oxygens (including phenoxy) is 1. The molecule has 0 saturated heterocycles. The summed E-state index contributed by atoms with van der Waals surface area (Å²) in [5, 5.41) is 2.86. The average Bonchev–Trinajstić information content (AvgIpc) is 2.47. The van der Waals surface area contributed by atoms with Gasteiger partial charge in [-0.25, -0.2) is 0 Å². The Hall–Kier alpha value is -2.49. The predicted molar refractivity (Wildman–Crippen MR) is 81.2 cm³/mol.